The molecule has 14 heavy (non-hydrogen) atoms. The molecule has 0 atom stereocenters. The molecular formula is C11H19NS2. The van der Waals surface area contributed by atoms with Crippen LogP contribution >= 0.6 is 23.5 Å². The van der Waals surface area contributed by atoms with E-state index in [2.05, 4.69) is 40.3 Å². The Morgan fingerprint density at radius 3 is 1.93 bits per heavy atom. The Labute approximate surface area is 96.3 Å². The first-order valence-corrected chi connectivity index (χ1v) is 6.79. The highest BCUT2D eigenvalue weighted by Crippen LogP contribution is 2.50. The molecule has 0 unspecified atom stereocenters. The zero-order chi connectivity index (χ0) is 11.2. The number of nitriles is 1. The van der Waals surface area contributed by atoms with Crippen LogP contribution < -0.4 is 0 Å². The van der Waals surface area contributed by atoms with E-state index in [9.17, 15) is 5.26 Å². The molecule has 0 amide bonds. The Bertz CT molecular complexity index is 222. The molecular weight excluding hydrogens is 210 g/mol. The maximum Gasteiger partial charge on any atom is 0.156 e. The molecule has 0 aliphatic heterocycles. The lowest BCUT2D eigenvalue weighted by Gasteiger charge is -2.38. The molecule has 0 spiro atoms. The molecule has 0 aliphatic carbocycles. The summed E-state index contributed by atoms with van der Waals surface area (Å²) in [7, 11) is 0. The normalized spacial score (nSPS) is 12.2. The number of hydrogen-bond donors (Lipinski definition) is 0. The van der Waals surface area contributed by atoms with Crippen molar-refractivity contribution in [2.75, 3.05) is 11.5 Å². The Kier molecular flexibility index (Phi) is 5.70. The number of thioether (sulfide) groups is 2. The van der Waals surface area contributed by atoms with Gasteiger partial charge in [0.1, 0.15) is 0 Å². The van der Waals surface area contributed by atoms with E-state index in [1.807, 2.05) is 6.08 Å². The number of hydrogen-bond acceptors (Lipinski definition) is 3. The van der Waals surface area contributed by atoms with Gasteiger partial charge in [-0.05, 0) is 11.5 Å². The molecule has 1 nitrogen and oxygen atoms in total. The van der Waals surface area contributed by atoms with Gasteiger partial charge in [0, 0.05) is 5.41 Å². The Hall–Kier alpha value is -0.0700. The highest BCUT2D eigenvalue weighted by atomic mass is 32.2. The summed E-state index contributed by atoms with van der Waals surface area (Å²) in [6, 6.07) is 2.46. The lowest BCUT2D eigenvalue weighted by molar-refractivity contribution is 0.482. The lowest BCUT2D eigenvalue weighted by Crippen LogP contribution is -2.36. The van der Waals surface area contributed by atoms with E-state index in [1.165, 1.54) is 0 Å². The van der Waals surface area contributed by atoms with Crippen molar-refractivity contribution in [2.45, 2.75) is 31.8 Å². The molecule has 0 saturated carbocycles. The number of allylic oxidation sites excluding steroid dienone is 1. The van der Waals surface area contributed by atoms with Crippen LogP contribution in [0.5, 0.6) is 0 Å². The van der Waals surface area contributed by atoms with Gasteiger partial charge in [-0.15, -0.1) is 30.1 Å². The highest BCUT2D eigenvalue weighted by Gasteiger charge is 2.44. The van der Waals surface area contributed by atoms with Crippen LogP contribution in [0, 0.1) is 16.7 Å². The van der Waals surface area contributed by atoms with E-state index in [-0.39, 0.29) is 5.41 Å². The summed E-state index contributed by atoms with van der Waals surface area (Å²) in [5.41, 5.74) is -0.164. The Balaban J connectivity index is 5.03. The summed E-state index contributed by atoms with van der Waals surface area (Å²) in [6.07, 6.45) is 1.89. The maximum atomic E-state index is 9.37. The van der Waals surface area contributed by atoms with Crippen molar-refractivity contribution in [3.05, 3.63) is 12.7 Å². The van der Waals surface area contributed by atoms with Gasteiger partial charge in [-0.2, -0.15) is 5.26 Å². The summed E-state index contributed by atoms with van der Waals surface area (Å²) < 4.78 is -0.391. The monoisotopic (exact) mass is 229 g/mol. The van der Waals surface area contributed by atoms with Crippen molar-refractivity contribution in [3.63, 3.8) is 0 Å². The minimum absolute atomic E-state index is 0.164. The van der Waals surface area contributed by atoms with Crippen LogP contribution in [0.1, 0.15) is 27.7 Å². The van der Waals surface area contributed by atoms with Gasteiger partial charge in [0.25, 0.3) is 0 Å². The second-order valence-corrected chi connectivity index (χ2v) is 6.74. The molecule has 0 aromatic heterocycles. The van der Waals surface area contributed by atoms with Crippen LogP contribution in [-0.2, 0) is 0 Å². The SMILES string of the molecule is C=CC(C)(C)C(C#N)(SCC)SCC. The van der Waals surface area contributed by atoms with Crippen molar-refractivity contribution >= 4 is 23.5 Å². The summed E-state index contributed by atoms with van der Waals surface area (Å²) in [6.45, 7) is 12.2. The second kappa shape index (κ2) is 5.72. The molecule has 0 aliphatic rings. The fraction of sp³-hybridized carbons (Fsp3) is 0.727. The van der Waals surface area contributed by atoms with Crippen LogP contribution in [0.15, 0.2) is 12.7 Å². The van der Waals surface area contributed by atoms with Gasteiger partial charge in [-0.1, -0.05) is 33.8 Å². The molecule has 3 heteroatoms. The second-order valence-electron chi connectivity index (χ2n) is 3.52. The highest BCUT2D eigenvalue weighted by molar-refractivity contribution is 8.18. The summed E-state index contributed by atoms with van der Waals surface area (Å²) in [5, 5.41) is 9.37. The van der Waals surface area contributed by atoms with Crippen molar-refractivity contribution in [3.8, 4) is 6.07 Å². The first-order valence-electron chi connectivity index (χ1n) is 4.82. The van der Waals surface area contributed by atoms with Gasteiger partial charge in [0.15, 0.2) is 4.08 Å². The minimum Gasteiger partial charge on any atom is -0.196 e. The maximum absolute atomic E-state index is 9.37. The predicted molar refractivity (Wildman–Crippen MR) is 68.6 cm³/mol. The molecule has 0 radical (unpaired) electrons. The molecule has 0 saturated heterocycles. The number of nitrogens with zero attached hydrogens (tertiary/aromatic N) is 1. The molecule has 0 aromatic carbocycles. The average Bonchev–Trinajstić information content (AvgIpc) is 2.17. The van der Waals surface area contributed by atoms with E-state index in [0.29, 0.717) is 0 Å². The van der Waals surface area contributed by atoms with E-state index in [4.69, 9.17) is 0 Å². The van der Waals surface area contributed by atoms with E-state index in [0.717, 1.165) is 11.5 Å². The first kappa shape index (κ1) is 13.9. The molecule has 0 aromatic rings. The largest absolute Gasteiger partial charge is 0.196 e. The molecule has 0 bridgehead atoms. The van der Waals surface area contributed by atoms with E-state index in [1.54, 1.807) is 23.5 Å². The molecule has 0 heterocycles. The number of rotatable bonds is 6. The van der Waals surface area contributed by atoms with E-state index < -0.39 is 4.08 Å². The smallest absolute Gasteiger partial charge is 0.156 e. The van der Waals surface area contributed by atoms with Crippen LogP contribution in [0.3, 0.4) is 0 Å². The van der Waals surface area contributed by atoms with Gasteiger partial charge in [-0.3, -0.25) is 0 Å². The fourth-order valence-corrected chi connectivity index (χ4v) is 4.06. The summed E-state index contributed by atoms with van der Waals surface area (Å²) in [5.74, 6) is 1.91. The lowest BCUT2D eigenvalue weighted by atomic mass is 9.89. The average molecular weight is 229 g/mol. The predicted octanol–water partition coefficient (Wildman–Crippen LogP) is 3.92. The third-order valence-electron chi connectivity index (χ3n) is 2.20. The summed E-state index contributed by atoms with van der Waals surface area (Å²) in [4.78, 5) is 0. The zero-order valence-electron chi connectivity index (χ0n) is 9.46. The van der Waals surface area contributed by atoms with E-state index >= 15 is 0 Å². The van der Waals surface area contributed by atoms with Crippen molar-refractivity contribution < 1.29 is 0 Å². The quantitative estimate of drug-likeness (QED) is 0.509. The third-order valence-corrected chi connectivity index (χ3v) is 5.53. The van der Waals surface area contributed by atoms with Crippen LogP contribution in [-0.4, -0.2) is 15.6 Å². The third kappa shape index (κ3) is 2.71. The van der Waals surface area contributed by atoms with Gasteiger partial charge in [-0.25, -0.2) is 0 Å². The van der Waals surface area contributed by atoms with Gasteiger partial charge in [0.05, 0.1) is 6.07 Å². The van der Waals surface area contributed by atoms with Crippen molar-refractivity contribution in [2.24, 2.45) is 5.41 Å². The molecule has 0 rings (SSSR count). The van der Waals surface area contributed by atoms with Gasteiger partial charge in [0.2, 0.25) is 0 Å². The zero-order valence-corrected chi connectivity index (χ0v) is 11.1. The van der Waals surface area contributed by atoms with Crippen molar-refractivity contribution in [1.29, 1.82) is 5.26 Å². The fourth-order valence-electron chi connectivity index (χ4n) is 1.16. The standard InChI is InChI=1S/C11H19NS2/c1-6-10(4,5)11(9-12,13-7-2)14-8-3/h6H,1,7-8H2,2-5H3. The Morgan fingerprint density at radius 1 is 1.29 bits per heavy atom. The van der Waals surface area contributed by atoms with Gasteiger partial charge < -0.3 is 0 Å². The van der Waals surface area contributed by atoms with Crippen LogP contribution in [0.4, 0.5) is 0 Å². The molecule has 80 valence electrons. The van der Waals surface area contributed by atoms with Gasteiger partial charge >= 0.3 is 0 Å². The Morgan fingerprint density at radius 2 is 1.71 bits per heavy atom. The minimum atomic E-state index is -0.391. The first-order chi connectivity index (χ1) is 6.49. The molecule has 0 fully saturated rings. The van der Waals surface area contributed by atoms with Crippen LogP contribution in [0.25, 0.3) is 0 Å². The topological polar surface area (TPSA) is 23.8 Å². The van der Waals surface area contributed by atoms with Crippen molar-refractivity contribution in [1.82, 2.24) is 0 Å². The van der Waals surface area contributed by atoms with Crippen LogP contribution in [0.2, 0.25) is 0 Å². The summed E-state index contributed by atoms with van der Waals surface area (Å²) >= 11 is 3.42. The molecule has 0 N–H and O–H groups in total.